The Kier molecular flexibility index (Phi) is 4.15. The van der Waals surface area contributed by atoms with Gasteiger partial charge in [0.15, 0.2) is 0 Å². The third kappa shape index (κ3) is 2.62. The van der Waals surface area contributed by atoms with E-state index in [1.807, 2.05) is 6.08 Å². The summed E-state index contributed by atoms with van der Waals surface area (Å²) in [6, 6.07) is 4.13. The number of unbranched alkanes of at least 4 members (excludes halogenated alkanes) is 1. The van der Waals surface area contributed by atoms with Crippen LogP contribution in [0.15, 0.2) is 24.9 Å². The van der Waals surface area contributed by atoms with Gasteiger partial charge in [-0.25, -0.2) is 4.98 Å². The third-order valence-electron chi connectivity index (χ3n) is 3.18. The Balaban J connectivity index is 2.21. The van der Waals surface area contributed by atoms with Gasteiger partial charge >= 0.3 is 0 Å². The van der Waals surface area contributed by atoms with E-state index < -0.39 is 0 Å². The van der Waals surface area contributed by atoms with Crippen molar-refractivity contribution in [3.05, 3.63) is 41.9 Å². The molecular weight excluding hydrogens is 222 g/mol. The van der Waals surface area contributed by atoms with E-state index in [1.165, 1.54) is 18.5 Å². The van der Waals surface area contributed by atoms with Crippen molar-refractivity contribution < 1.29 is 0 Å². The first-order valence-electron chi connectivity index (χ1n) is 6.57. The number of hydrogen-bond donors (Lipinski definition) is 1. The molecule has 0 aliphatic heterocycles. The van der Waals surface area contributed by atoms with Gasteiger partial charge in [-0.15, -0.1) is 0 Å². The van der Waals surface area contributed by atoms with Crippen molar-refractivity contribution in [3.8, 4) is 0 Å². The Labute approximate surface area is 109 Å². The van der Waals surface area contributed by atoms with Crippen molar-refractivity contribution >= 4 is 11.7 Å². The molecule has 0 bridgehead atoms. The lowest BCUT2D eigenvalue weighted by atomic mass is 10.2. The van der Waals surface area contributed by atoms with Gasteiger partial charge in [0.1, 0.15) is 5.65 Å². The van der Waals surface area contributed by atoms with Crippen molar-refractivity contribution in [1.29, 1.82) is 0 Å². The van der Waals surface area contributed by atoms with Gasteiger partial charge in [0.05, 0.1) is 11.4 Å². The molecule has 0 saturated carbocycles. The zero-order valence-corrected chi connectivity index (χ0v) is 11.2. The minimum absolute atomic E-state index is 0.875. The highest BCUT2D eigenvalue weighted by molar-refractivity contribution is 5.55. The lowest BCUT2D eigenvalue weighted by molar-refractivity contribution is 0.629. The van der Waals surface area contributed by atoms with E-state index in [1.54, 1.807) is 0 Å². The second-order valence-electron chi connectivity index (χ2n) is 4.57. The zero-order chi connectivity index (χ0) is 13.0. The first kappa shape index (κ1) is 12.8. The van der Waals surface area contributed by atoms with E-state index in [-0.39, 0.29) is 0 Å². The summed E-state index contributed by atoms with van der Waals surface area (Å²) in [6.45, 7) is 10.00. The molecule has 0 radical (unpaired) electrons. The molecular formula is C15H21N3. The van der Waals surface area contributed by atoms with Crippen LogP contribution in [-0.2, 0) is 6.54 Å². The van der Waals surface area contributed by atoms with Gasteiger partial charge in [-0.05, 0) is 37.6 Å². The molecule has 0 aliphatic rings. The molecule has 96 valence electrons. The predicted octanol–water partition coefficient (Wildman–Crippen LogP) is 3.18. The van der Waals surface area contributed by atoms with Crippen LogP contribution in [0.5, 0.6) is 0 Å². The summed E-state index contributed by atoms with van der Waals surface area (Å²) in [5, 5.41) is 3.47. The highest BCUT2D eigenvalue weighted by Gasteiger charge is 2.07. The predicted molar refractivity (Wildman–Crippen MR) is 76.6 cm³/mol. The summed E-state index contributed by atoms with van der Waals surface area (Å²) >= 11 is 0. The summed E-state index contributed by atoms with van der Waals surface area (Å²) in [4.78, 5) is 4.60. The summed E-state index contributed by atoms with van der Waals surface area (Å²) in [7, 11) is 0. The van der Waals surface area contributed by atoms with Crippen LogP contribution in [0.1, 0.15) is 36.7 Å². The molecule has 2 aromatic rings. The molecule has 0 amide bonds. The first-order valence-corrected chi connectivity index (χ1v) is 6.57. The van der Waals surface area contributed by atoms with E-state index in [0.717, 1.165) is 30.0 Å². The van der Waals surface area contributed by atoms with Gasteiger partial charge in [0, 0.05) is 12.7 Å². The molecule has 3 heteroatoms. The van der Waals surface area contributed by atoms with Crippen LogP contribution in [-0.4, -0.2) is 15.9 Å². The highest BCUT2D eigenvalue weighted by atomic mass is 15.0. The topological polar surface area (TPSA) is 29.3 Å². The molecule has 0 aliphatic carbocycles. The molecule has 0 atom stereocenters. The Hall–Kier alpha value is -1.61. The third-order valence-corrected chi connectivity index (χ3v) is 3.18. The largest absolute Gasteiger partial charge is 0.311 e. The average Bonchev–Trinajstić information content (AvgIpc) is 2.69. The molecule has 2 aromatic heterocycles. The second-order valence-corrected chi connectivity index (χ2v) is 4.57. The number of imidazole rings is 1. The number of nitrogens with zero attached hydrogens (tertiary/aromatic N) is 2. The van der Waals surface area contributed by atoms with Gasteiger partial charge in [-0.2, -0.15) is 0 Å². The highest BCUT2D eigenvalue weighted by Crippen LogP contribution is 2.14. The normalized spacial score (nSPS) is 11.0. The van der Waals surface area contributed by atoms with Crippen molar-refractivity contribution in [2.24, 2.45) is 0 Å². The van der Waals surface area contributed by atoms with Gasteiger partial charge in [0.25, 0.3) is 0 Å². The molecule has 2 rings (SSSR count). The number of aryl methyl sites for hydroxylation is 1. The number of fused-ring (bicyclic) bond motifs is 1. The van der Waals surface area contributed by atoms with Gasteiger partial charge < -0.3 is 9.72 Å². The van der Waals surface area contributed by atoms with Crippen molar-refractivity contribution in [1.82, 2.24) is 14.7 Å². The van der Waals surface area contributed by atoms with Crippen LogP contribution < -0.4 is 5.32 Å². The quantitative estimate of drug-likeness (QED) is 0.790. The minimum Gasteiger partial charge on any atom is -0.311 e. The van der Waals surface area contributed by atoms with E-state index in [9.17, 15) is 0 Å². The lowest BCUT2D eigenvalue weighted by Crippen LogP contribution is -2.16. The standard InChI is InChI=1S/C15H21N3/c1-4-6-8-16-11-14-12(3)17-15-10-13(5-2)7-9-18(14)15/h5,7,9-10,16H,2,4,6,8,11H2,1,3H3. The maximum atomic E-state index is 4.60. The molecule has 0 saturated heterocycles. The van der Waals surface area contributed by atoms with Crippen molar-refractivity contribution in [3.63, 3.8) is 0 Å². The molecule has 0 unspecified atom stereocenters. The first-order chi connectivity index (χ1) is 8.76. The summed E-state index contributed by atoms with van der Waals surface area (Å²) in [5.41, 5.74) is 4.45. The van der Waals surface area contributed by atoms with Crippen LogP contribution in [0.2, 0.25) is 0 Å². The number of pyridine rings is 1. The molecule has 0 aromatic carbocycles. The fourth-order valence-electron chi connectivity index (χ4n) is 2.08. The molecule has 0 fully saturated rings. The minimum atomic E-state index is 0.875. The fraction of sp³-hybridized carbons (Fsp3) is 0.400. The Morgan fingerprint density at radius 3 is 3.06 bits per heavy atom. The molecule has 3 nitrogen and oxygen atoms in total. The van der Waals surface area contributed by atoms with E-state index in [4.69, 9.17) is 0 Å². The van der Waals surface area contributed by atoms with Crippen molar-refractivity contribution in [2.75, 3.05) is 6.54 Å². The number of hydrogen-bond acceptors (Lipinski definition) is 2. The van der Waals surface area contributed by atoms with Crippen LogP contribution in [0.3, 0.4) is 0 Å². The maximum absolute atomic E-state index is 4.60. The smallest absolute Gasteiger partial charge is 0.137 e. The molecule has 2 heterocycles. The van der Waals surface area contributed by atoms with E-state index in [0.29, 0.717) is 0 Å². The van der Waals surface area contributed by atoms with E-state index in [2.05, 4.69) is 53.5 Å². The Morgan fingerprint density at radius 2 is 2.33 bits per heavy atom. The molecule has 18 heavy (non-hydrogen) atoms. The fourth-order valence-corrected chi connectivity index (χ4v) is 2.08. The zero-order valence-electron chi connectivity index (χ0n) is 11.2. The lowest BCUT2D eigenvalue weighted by Gasteiger charge is -2.05. The Morgan fingerprint density at radius 1 is 1.50 bits per heavy atom. The van der Waals surface area contributed by atoms with Crippen LogP contribution in [0, 0.1) is 6.92 Å². The number of rotatable bonds is 6. The van der Waals surface area contributed by atoms with Gasteiger partial charge in [-0.1, -0.05) is 26.0 Å². The van der Waals surface area contributed by atoms with Gasteiger partial charge in [0.2, 0.25) is 0 Å². The maximum Gasteiger partial charge on any atom is 0.137 e. The van der Waals surface area contributed by atoms with Crippen LogP contribution >= 0.6 is 0 Å². The molecule has 0 spiro atoms. The van der Waals surface area contributed by atoms with Crippen LogP contribution in [0.25, 0.3) is 11.7 Å². The van der Waals surface area contributed by atoms with Crippen LogP contribution in [0.4, 0.5) is 0 Å². The monoisotopic (exact) mass is 243 g/mol. The SMILES string of the molecule is C=Cc1ccn2c(CNCCCC)c(C)nc2c1. The summed E-state index contributed by atoms with van der Waals surface area (Å²) < 4.78 is 2.15. The summed E-state index contributed by atoms with van der Waals surface area (Å²) in [5.74, 6) is 0. The Bertz CT molecular complexity index is 540. The number of aromatic nitrogens is 2. The average molecular weight is 243 g/mol. The summed E-state index contributed by atoms with van der Waals surface area (Å²) in [6.07, 6.45) is 6.37. The van der Waals surface area contributed by atoms with E-state index >= 15 is 0 Å². The van der Waals surface area contributed by atoms with Gasteiger partial charge in [-0.3, -0.25) is 0 Å². The molecule has 1 N–H and O–H groups in total. The second kappa shape index (κ2) is 5.83. The van der Waals surface area contributed by atoms with Crippen molar-refractivity contribution in [2.45, 2.75) is 33.2 Å². The number of nitrogens with one attached hydrogen (secondary N) is 1.